The van der Waals surface area contributed by atoms with Crippen LogP contribution in [0.15, 0.2) is 52.9 Å². The fourth-order valence-corrected chi connectivity index (χ4v) is 4.21. The van der Waals surface area contributed by atoms with Crippen LogP contribution in [-0.2, 0) is 21.3 Å². The Hall–Kier alpha value is -2.48. The number of aryl methyl sites for hydroxylation is 1. The van der Waals surface area contributed by atoms with Gasteiger partial charge >= 0.3 is 5.97 Å². The second-order valence-electron chi connectivity index (χ2n) is 6.60. The van der Waals surface area contributed by atoms with Crippen molar-refractivity contribution in [3.8, 4) is 11.3 Å². The zero-order valence-corrected chi connectivity index (χ0v) is 18.8. The maximum absolute atomic E-state index is 12.4. The molecule has 1 aromatic heterocycles. The van der Waals surface area contributed by atoms with E-state index in [0.29, 0.717) is 43.9 Å². The molecular weight excluding hydrogens is 449 g/mol. The first-order chi connectivity index (χ1) is 14.1. The summed E-state index contributed by atoms with van der Waals surface area (Å²) < 4.78 is 36.5. The van der Waals surface area contributed by atoms with Crippen LogP contribution in [0, 0.1) is 6.92 Å². The first kappa shape index (κ1) is 22.2. The van der Waals surface area contributed by atoms with E-state index < -0.39 is 16.0 Å². The Bertz CT molecular complexity index is 1190. The summed E-state index contributed by atoms with van der Waals surface area (Å²) in [5.74, 6) is 0.429. The van der Waals surface area contributed by atoms with E-state index >= 15 is 0 Å². The fraction of sp³-hybridized carbons (Fsp3) is 0.190. The van der Waals surface area contributed by atoms with E-state index in [9.17, 15) is 13.2 Å². The molecule has 1 heterocycles. The van der Waals surface area contributed by atoms with Gasteiger partial charge in [0.2, 0.25) is 10.0 Å². The summed E-state index contributed by atoms with van der Waals surface area (Å²) >= 11 is 12.3. The van der Waals surface area contributed by atoms with Gasteiger partial charge in [-0.3, -0.25) is 4.31 Å². The number of hydrogen-bond acceptors (Lipinski definition) is 5. The maximum Gasteiger partial charge on any atom is 0.341 e. The van der Waals surface area contributed by atoms with Crippen molar-refractivity contribution >= 4 is 44.9 Å². The molecule has 0 N–H and O–H groups in total. The smallest absolute Gasteiger partial charge is 0.341 e. The zero-order valence-electron chi connectivity index (χ0n) is 16.5. The van der Waals surface area contributed by atoms with Crippen molar-refractivity contribution < 1.29 is 22.4 Å². The van der Waals surface area contributed by atoms with Gasteiger partial charge < -0.3 is 9.15 Å². The molecule has 0 bridgehead atoms. The van der Waals surface area contributed by atoms with Gasteiger partial charge in [-0.15, -0.1) is 0 Å². The van der Waals surface area contributed by atoms with Crippen LogP contribution in [0.2, 0.25) is 10.0 Å². The highest BCUT2D eigenvalue weighted by molar-refractivity contribution is 7.92. The molecule has 0 fully saturated rings. The molecule has 9 heteroatoms. The van der Waals surface area contributed by atoms with Crippen LogP contribution in [0.25, 0.3) is 11.3 Å². The number of halogens is 2. The van der Waals surface area contributed by atoms with Crippen LogP contribution >= 0.6 is 23.2 Å². The van der Waals surface area contributed by atoms with Crippen LogP contribution in [0.1, 0.15) is 21.7 Å². The molecule has 2 aromatic carbocycles. The van der Waals surface area contributed by atoms with Gasteiger partial charge in [-0.1, -0.05) is 35.3 Å². The molecule has 3 rings (SSSR count). The standard InChI is InChI=1S/C21H19Cl2NO5S/c1-13-17(21(25)28-2)11-19(29-13)14-7-9-16(10-8-14)24(30(3,26)27)12-15-5-4-6-18(22)20(15)23/h4-11H,12H2,1-3H3. The van der Waals surface area contributed by atoms with Gasteiger partial charge in [0.15, 0.2) is 0 Å². The molecule has 0 radical (unpaired) electrons. The quantitative estimate of drug-likeness (QED) is 0.458. The summed E-state index contributed by atoms with van der Waals surface area (Å²) in [7, 11) is -2.29. The van der Waals surface area contributed by atoms with E-state index in [0.717, 1.165) is 6.26 Å². The second kappa shape index (κ2) is 8.71. The van der Waals surface area contributed by atoms with Crippen LogP contribution in [0.3, 0.4) is 0 Å². The van der Waals surface area contributed by atoms with Crippen molar-refractivity contribution in [2.45, 2.75) is 13.5 Å². The number of hydrogen-bond donors (Lipinski definition) is 0. The summed E-state index contributed by atoms with van der Waals surface area (Å²) in [5, 5.41) is 0.665. The highest BCUT2D eigenvalue weighted by Gasteiger charge is 2.21. The lowest BCUT2D eigenvalue weighted by atomic mass is 10.1. The third-order valence-electron chi connectivity index (χ3n) is 4.51. The first-order valence-corrected chi connectivity index (χ1v) is 11.4. The number of benzene rings is 2. The van der Waals surface area contributed by atoms with Gasteiger partial charge in [-0.2, -0.15) is 0 Å². The minimum Gasteiger partial charge on any atom is -0.465 e. The summed E-state index contributed by atoms with van der Waals surface area (Å²) in [6.45, 7) is 1.70. The topological polar surface area (TPSA) is 76.8 Å². The lowest BCUT2D eigenvalue weighted by molar-refractivity contribution is 0.0599. The van der Waals surface area contributed by atoms with Gasteiger partial charge in [0.25, 0.3) is 0 Å². The van der Waals surface area contributed by atoms with E-state index in [2.05, 4.69) is 0 Å². The largest absolute Gasteiger partial charge is 0.465 e. The van der Waals surface area contributed by atoms with Crippen LogP contribution < -0.4 is 4.31 Å². The van der Waals surface area contributed by atoms with Crippen LogP contribution in [-0.4, -0.2) is 27.8 Å². The number of ether oxygens (including phenoxy) is 1. The summed E-state index contributed by atoms with van der Waals surface area (Å²) in [6, 6.07) is 13.4. The number of anilines is 1. The molecule has 30 heavy (non-hydrogen) atoms. The molecule has 0 aliphatic carbocycles. The zero-order chi connectivity index (χ0) is 22.1. The lowest BCUT2D eigenvalue weighted by Crippen LogP contribution is -2.29. The SMILES string of the molecule is COC(=O)c1cc(-c2ccc(N(Cc3cccc(Cl)c3Cl)S(C)(=O)=O)cc2)oc1C. The van der Waals surface area contributed by atoms with Gasteiger partial charge in [0, 0.05) is 5.56 Å². The molecular formula is C21H19Cl2NO5S. The molecule has 0 spiro atoms. The molecule has 0 aliphatic rings. The molecule has 0 aliphatic heterocycles. The van der Waals surface area contributed by atoms with E-state index in [1.807, 2.05) is 0 Å². The first-order valence-electron chi connectivity index (χ1n) is 8.81. The third-order valence-corrected chi connectivity index (χ3v) is 6.51. The number of esters is 1. The Morgan fingerprint density at radius 2 is 1.80 bits per heavy atom. The Labute approximate surface area is 185 Å². The molecule has 6 nitrogen and oxygen atoms in total. The average molecular weight is 468 g/mol. The van der Waals surface area contributed by atoms with Crippen molar-refractivity contribution in [1.29, 1.82) is 0 Å². The molecule has 0 saturated carbocycles. The van der Waals surface area contributed by atoms with Gasteiger partial charge in [-0.05, 0) is 48.9 Å². The molecule has 3 aromatic rings. The molecule has 158 valence electrons. The van der Waals surface area contributed by atoms with Crippen molar-refractivity contribution in [3.63, 3.8) is 0 Å². The van der Waals surface area contributed by atoms with E-state index in [-0.39, 0.29) is 6.54 Å². The Morgan fingerprint density at radius 1 is 1.13 bits per heavy atom. The molecule has 0 atom stereocenters. The Kier molecular flexibility index (Phi) is 6.45. The predicted molar refractivity (Wildman–Crippen MR) is 118 cm³/mol. The second-order valence-corrected chi connectivity index (χ2v) is 9.29. The van der Waals surface area contributed by atoms with E-state index in [1.165, 1.54) is 11.4 Å². The summed E-state index contributed by atoms with van der Waals surface area (Å²) in [4.78, 5) is 11.8. The van der Waals surface area contributed by atoms with Crippen molar-refractivity contribution in [2.24, 2.45) is 0 Å². The minimum atomic E-state index is -3.59. The summed E-state index contributed by atoms with van der Waals surface area (Å²) in [6.07, 6.45) is 1.12. The Balaban J connectivity index is 1.94. The molecule has 0 amide bonds. The highest BCUT2D eigenvalue weighted by atomic mass is 35.5. The maximum atomic E-state index is 12.4. The Morgan fingerprint density at radius 3 is 2.40 bits per heavy atom. The van der Waals surface area contributed by atoms with Gasteiger partial charge in [0.1, 0.15) is 17.1 Å². The highest BCUT2D eigenvalue weighted by Crippen LogP contribution is 2.31. The number of nitrogens with zero attached hydrogens (tertiary/aromatic N) is 1. The number of furan rings is 1. The minimum absolute atomic E-state index is 0.0317. The number of carbonyl (C=O) groups is 1. The predicted octanol–water partition coefficient (Wildman–Crippen LogP) is 5.31. The van der Waals surface area contributed by atoms with Gasteiger partial charge in [-0.25, -0.2) is 13.2 Å². The number of methoxy groups -OCH3 is 1. The number of rotatable bonds is 6. The monoisotopic (exact) mass is 467 g/mol. The van der Waals surface area contributed by atoms with Crippen molar-refractivity contribution in [3.05, 3.63) is 75.5 Å². The molecule has 0 unspecified atom stereocenters. The normalized spacial score (nSPS) is 11.4. The third kappa shape index (κ3) is 4.64. The van der Waals surface area contributed by atoms with Crippen molar-refractivity contribution in [2.75, 3.05) is 17.7 Å². The van der Waals surface area contributed by atoms with Crippen LogP contribution in [0.5, 0.6) is 0 Å². The number of carbonyl (C=O) groups excluding carboxylic acids is 1. The average Bonchev–Trinajstić information content (AvgIpc) is 3.09. The van der Waals surface area contributed by atoms with E-state index in [1.54, 1.807) is 55.5 Å². The number of sulfonamides is 1. The fourth-order valence-electron chi connectivity index (χ4n) is 2.95. The van der Waals surface area contributed by atoms with E-state index in [4.69, 9.17) is 32.4 Å². The lowest BCUT2D eigenvalue weighted by Gasteiger charge is -2.23. The molecule has 0 saturated heterocycles. The van der Waals surface area contributed by atoms with Gasteiger partial charge in [0.05, 0.1) is 35.6 Å². The van der Waals surface area contributed by atoms with Crippen LogP contribution in [0.4, 0.5) is 5.69 Å². The summed E-state index contributed by atoms with van der Waals surface area (Å²) in [5.41, 5.74) is 2.06. The van der Waals surface area contributed by atoms with Crippen molar-refractivity contribution in [1.82, 2.24) is 0 Å².